The van der Waals surface area contributed by atoms with Crippen molar-refractivity contribution < 1.29 is 23.1 Å². The van der Waals surface area contributed by atoms with Crippen molar-refractivity contribution in [3.05, 3.63) is 65.4 Å². The van der Waals surface area contributed by atoms with Gasteiger partial charge in [0.15, 0.2) is 0 Å². The number of carbonyl (C=O) groups is 2. The molecule has 0 unspecified atom stereocenters. The molecule has 1 aliphatic carbocycles. The molecule has 45 heavy (non-hydrogen) atoms. The van der Waals surface area contributed by atoms with E-state index in [0.29, 0.717) is 43.5 Å². The van der Waals surface area contributed by atoms with Gasteiger partial charge in [-0.25, -0.2) is 8.42 Å². The van der Waals surface area contributed by atoms with Crippen LogP contribution in [0, 0.1) is 0 Å². The Kier molecular flexibility index (Phi) is 9.62. The van der Waals surface area contributed by atoms with Gasteiger partial charge in [-0.1, -0.05) is 50.6 Å². The van der Waals surface area contributed by atoms with E-state index >= 15 is 0 Å². The molecule has 1 saturated carbocycles. The summed E-state index contributed by atoms with van der Waals surface area (Å²) >= 11 is 0. The number of aromatic nitrogens is 1. The van der Waals surface area contributed by atoms with E-state index in [2.05, 4.69) is 27.4 Å². The first kappa shape index (κ1) is 33.0. The maximum atomic E-state index is 14.0. The smallest absolute Gasteiger partial charge is 0.251 e. The first-order valence-electron chi connectivity index (χ1n) is 16.1. The van der Waals surface area contributed by atoms with Crippen molar-refractivity contribution in [2.45, 2.75) is 102 Å². The van der Waals surface area contributed by atoms with Gasteiger partial charge in [-0.3, -0.25) is 13.9 Å². The molecule has 5 rings (SSSR count). The predicted octanol–water partition coefficient (Wildman–Crippen LogP) is 3.50. The van der Waals surface area contributed by atoms with E-state index < -0.39 is 33.0 Å². The fourth-order valence-corrected chi connectivity index (χ4v) is 8.38. The van der Waals surface area contributed by atoms with Gasteiger partial charge in [0.05, 0.1) is 17.3 Å². The monoisotopic (exact) mass is 637 g/mol. The molecule has 11 heteroatoms. The average molecular weight is 638 g/mol. The topological polar surface area (TPSA) is 133 Å². The number of rotatable bonds is 13. The van der Waals surface area contributed by atoms with Crippen LogP contribution in [0.3, 0.4) is 0 Å². The second kappa shape index (κ2) is 13.1. The Morgan fingerprint density at radius 2 is 1.78 bits per heavy atom. The lowest BCUT2D eigenvalue weighted by Crippen LogP contribution is -2.56. The van der Waals surface area contributed by atoms with Crippen LogP contribution in [0.1, 0.15) is 74.9 Å². The van der Waals surface area contributed by atoms with E-state index in [1.54, 1.807) is 13.1 Å². The molecule has 1 aromatic heterocycles. The van der Waals surface area contributed by atoms with Gasteiger partial charge in [0, 0.05) is 49.4 Å². The maximum Gasteiger partial charge on any atom is 0.251 e. The number of benzene rings is 2. The van der Waals surface area contributed by atoms with Crippen LogP contribution >= 0.6 is 0 Å². The third-order valence-corrected chi connectivity index (χ3v) is 11.7. The zero-order valence-corrected chi connectivity index (χ0v) is 27.8. The summed E-state index contributed by atoms with van der Waals surface area (Å²) in [5.74, 6) is -0.621. The molecule has 2 heterocycles. The van der Waals surface area contributed by atoms with Gasteiger partial charge in [0.25, 0.3) is 5.91 Å². The molecule has 0 bridgehead atoms. The van der Waals surface area contributed by atoms with Crippen molar-refractivity contribution in [3.63, 3.8) is 0 Å². The highest BCUT2D eigenvalue weighted by Crippen LogP contribution is 2.51. The van der Waals surface area contributed by atoms with Gasteiger partial charge in [0.1, 0.15) is 10.8 Å². The predicted molar refractivity (Wildman–Crippen MR) is 178 cm³/mol. The summed E-state index contributed by atoms with van der Waals surface area (Å²) < 4.78 is 30.0. The van der Waals surface area contributed by atoms with Crippen LogP contribution in [0.4, 0.5) is 5.69 Å². The van der Waals surface area contributed by atoms with Crippen molar-refractivity contribution in [1.82, 2.24) is 20.5 Å². The first-order valence-corrected chi connectivity index (χ1v) is 17.6. The fraction of sp³-hybridized carbons (Fsp3) is 0.529. The number of aryl methyl sites for hydroxylation is 1. The summed E-state index contributed by atoms with van der Waals surface area (Å²) in [6, 6.07) is 12.0. The van der Waals surface area contributed by atoms with Crippen molar-refractivity contribution in [2.24, 2.45) is 0 Å². The first-order chi connectivity index (χ1) is 21.4. The van der Waals surface area contributed by atoms with Crippen molar-refractivity contribution in [2.75, 3.05) is 17.9 Å². The Hall–Kier alpha value is -3.41. The molecule has 4 N–H and O–H groups in total. The van der Waals surface area contributed by atoms with E-state index in [4.69, 9.17) is 0 Å². The van der Waals surface area contributed by atoms with Crippen LogP contribution in [0.2, 0.25) is 0 Å². The van der Waals surface area contributed by atoms with Crippen LogP contribution in [0.15, 0.2) is 48.7 Å². The summed E-state index contributed by atoms with van der Waals surface area (Å²) in [6.07, 6.45) is 4.82. The minimum absolute atomic E-state index is 0.0878. The maximum absolute atomic E-state index is 14.0. The Balaban J connectivity index is 1.46. The van der Waals surface area contributed by atoms with Gasteiger partial charge in [-0.2, -0.15) is 0 Å². The number of hydrogen-bond acceptors (Lipinski definition) is 6. The van der Waals surface area contributed by atoms with E-state index in [0.717, 1.165) is 34.9 Å². The molecule has 1 aliphatic heterocycles. The molecule has 0 radical (unpaired) electrons. The van der Waals surface area contributed by atoms with Gasteiger partial charge < -0.3 is 25.6 Å². The number of aliphatic hydroxyl groups is 1. The Morgan fingerprint density at radius 1 is 1.07 bits per heavy atom. The van der Waals surface area contributed by atoms with E-state index in [1.807, 2.05) is 63.4 Å². The fourth-order valence-electron chi connectivity index (χ4n) is 6.48. The lowest BCUT2D eigenvalue weighted by atomic mass is 10.0. The largest absolute Gasteiger partial charge is 0.391 e. The second-order valence-corrected chi connectivity index (χ2v) is 15.3. The second-order valence-electron chi connectivity index (χ2n) is 12.9. The van der Waals surface area contributed by atoms with Crippen molar-refractivity contribution in [3.8, 4) is 0 Å². The minimum Gasteiger partial charge on any atom is -0.391 e. The Bertz CT molecular complexity index is 1650. The number of aliphatic hydroxyl groups excluding tert-OH is 1. The van der Waals surface area contributed by atoms with Crippen LogP contribution < -0.4 is 20.3 Å². The average Bonchev–Trinajstić information content (AvgIpc) is 3.72. The molecule has 2 aromatic carbocycles. The molecule has 244 valence electrons. The summed E-state index contributed by atoms with van der Waals surface area (Å²) in [4.78, 5) is 27.0. The molecule has 3 atom stereocenters. The third kappa shape index (κ3) is 6.62. The third-order valence-electron chi connectivity index (χ3n) is 9.12. The number of anilines is 1. The summed E-state index contributed by atoms with van der Waals surface area (Å²) in [7, 11) is -2.02. The SMILES string of the molecule is CCC[C@H](O)[C@H](NC[C@H](Cc1ccccc1)NC(=O)c1cc2c3c(c1)c(CC)cn3CC1(CC1)S(=O)(=O)N2C)C(=O)NC(C)C. The Morgan fingerprint density at radius 3 is 2.40 bits per heavy atom. The molecule has 1 fully saturated rings. The molecular weight excluding hydrogens is 590 g/mol. The van der Waals surface area contributed by atoms with Crippen molar-refractivity contribution in [1.29, 1.82) is 0 Å². The molecular formula is C34H47N5O5S. The number of amides is 2. The highest BCUT2D eigenvalue weighted by molar-refractivity contribution is 7.94. The number of sulfonamides is 1. The quantitative estimate of drug-likeness (QED) is 0.227. The van der Waals surface area contributed by atoms with Crippen LogP contribution in [0.25, 0.3) is 10.9 Å². The lowest BCUT2D eigenvalue weighted by Gasteiger charge is -2.27. The van der Waals surface area contributed by atoms with Crippen LogP contribution in [0.5, 0.6) is 0 Å². The molecule has 0 saturated heterocycles. The van der Waals surface area contributed by atoms with Gasteiger partial charge in [0.2, 0.25) is 15.9 Å². The highest BCUT2D eigenvalue weighted by Gasteiger charge is 2.58. The number of hydrogen-bond donors (Lipinski definition) is 4. The molecule has 3 aromatic rings. The van der Waals surface area contributed by atoms with Crippen LogP contribution in [-0.4, -0.2) is 72.5 Å². The number of carbonyl (C=O) groups excluding carboxylic acids is 2. The molecule has 2 amide bonds. The van der Waals surface area contributed by atoms with Gasteiger partial charge >= 0.3 is 0 Å². The van der Waals surface area contributed by atoms with Crippen LogP contribution in [-0.2, 0) is 34.2 Å². The van der Waals surface area contributed by atoms with Crippen molar-refractivity contribution >= 4 is 38.4 Å². The van der Waals surface area contributed by atoms with E-state index in [9.17, 15) is 23.1 Å². The van der Waals surface area contributed by atoms with Gasteiger partial charge in [-0.15, -0.1) is 0 Å². The summed E-state index contributed by atoms with van der Waals surface area (Å²) in [5, 5.41) is 21.0. The molecule has 1 spiro atoms. The Labute approximate surface area is 266 Å². The number of nitrogens with one attached hydrogen (secondary N) is 3. The molecule has 10 nitrogen and oxygen atoms in total. The van der Waals surface area contributed by atoms with E-state index in [1.165, 1.54) is 4.31 Å². The van der Waals surface area contributed by atoms with Gasteiger partial charge in [-0.05, 0) is 69.2 Å². The molecule has 2 aliphatic rings. The highest BCUT2D eigenvalue weighted by atomic mass is 32.2. The zero-order chi connectivity index (χ0) is 32.5. The zero-order valence-electron chi connectivity index (χ0n) is 27.0. The minimum atomic E-state index is -3.61. The standard InChI is InChI=1S/C34H47N5O5S/c1-6-11-29(40)30(33(42)36-22(3)4)35-19-26(16-23-12-9-8-10-13-23)37-32(41)25-17-27-24(7-2)20-39-21-34(14-15-34)45(43,44)38(5)28(18-25)31(27)39/h8-10,12-13,17-18,20,22,26,29-30,35,40H,6-7,11,14-16,19,21H2,1-5H3,(H,36,42)(H,37,41)/t26-,29-,30-/m0/s1. The summed E-state index contributed by atoms with van der Waals surface area (Å²) in [5.41, 5.74) is 3.79. The summed E-state index contributed by atoms with van der Waals surface area (Å²) in [6.45, 7) is 8.41. The normalized spacial score (nSPS) is 18.4. The van der Waals surface area contributed by atoms with E-state index in [-0.39, 0.29) is 24.4 Å². The number of nitrogens with zero attached hydrogens (tertiary/aromatic N) is 2. The lowest BCUT2D eigenvalue weighted by molar-refractivity contribution is -0.126.